The minimum atomic E-state index is 0.163. The highest BCUT2D eigenvalue weighted by Gasteiger charge is 2.19. The Morgan fingerprint density at radius 3 is 2.86 bits per heavy atom. The van der Waals surface area contributed by atoms with Gasteiger partial charge in [0, 0.05) is 44.9 Å². The van der Waals surface area contributed by atoms with E-state index >= 15 is 0 Å². The molecule has 0 unspecified atom stereocenters. The molecule has 0 atom stereocenters. The zero-order chi connectivity index (χ0) is 15.2. The van der Waals surface area contributed by atoms with Crippen LogP contribution in [-0.2, 0) is 4.79 Å². The minimum absolute atomic E-state index is 0.163. The fraction of sp³-hybridized carbons (Fsp3) is 0.500. The molecule has 5 nitrogen and oxygen atoms in total. The Bertz CT molecular complexity index is 526. The summed E-state index contributed by atoms with van der Waals surface area (Å²) in [5.41, 5.74) is 2.84. The van der Waals surface area contributed by atoms with E-state index in [-0.39, 0.29) is 5.91 Å². The summed E-state index contributed by atoms with van der Waals surface area (Å²) >= 11 is 0. The molecule has 0 saturated carbocycles. The van der Waals surface area contributed by atoms with Gasteiger partial charge in [0.2, 0.25) is 5.91 Å². The molecule has 2 rings (SSSR count). The Hall–Kier alpha value is -2.04. The molecule has 0 aliphatic carbocycles. The Labute approximate surface area is 125 Å². The van der Waals surface area contributed by atoms with Gasteiger partial charge in [-0.3, -0.25) is 4.79 Å². The number of carbonyl (C=O) groups is 1. The van der Waals surface area contributed by atoms with Crippen LogP contribution in [0, 0.1) is 0 Å². The lowest BCUT2D eigenvalue weighted by Gasteiger charge is -2.24. The van der Waals surface area contributed by atoms with Gasteiger partial charge in [0.25, 0.3) is 0 Å². The van der Waals surface area contributed by atoms with Crippen LogP contribution in [0.3, 0.4) is 0 Å². The van der Waals surface area contributed by atoms with Crippen LogP contribution in [0.4, 0.5) is 5.69 Å². The number of hydrogen-bond donors (Lipinski definition) is 1. The molecule has 0 saturated heterocycles. The van der Waals surface area contributed by atoms with Gasteiger partial charge in [0.05, 0.1) is 5.71 Å². The summed E-state index contributed by atoms with van der Waals surface area (Å²) in [6, 6.07) is 8.01. The first-order valence-corrected chi connectivity index (χ1v) is 7.39. The van der Waals surface area contributed by atoms with E-state index in [1.54, 1.807) is 19.0 Å². The molecule has 5 heteroatoms. The van der Waals surface area contributed by atoms with E-state index in [0.717, 1.165) is 49.3 Å². The van der Waals surface area contributed by atoms with E-state index < -0.39 is 0 Å². The van der Waals surface area contributed by atoms with E-state index in [1.165, 1.54) is 0 Å². The molecule has 1 N–H and O–H groups in total. The highest BCUT2D eigenvalue weighted by Crippen LogP contribution is 2.26. The lowest BCUT2D eigenvalue weighted by molar-refractivity contribution is -0.128. The number of hydrogen-bond acceptors (Lipinski definition) is 4. The van der Waals surface area contributed by atoms with Gasteiger partial charge in [-0.25, -0.2) is 0 Å². The molecular weight excluding hydrogens is 266 g/mol. The van der Waals surface area contributed by atoms with Gasteiger partial charge in [-0.1, -0.05) is 23.4 Å². The second kappa shape index (κ2) is 7.11. The third-order valence-electron chi connectivity index (χ3n) is 3.84. The first-order valence-electron chi connectivity index (χ1n) is 7.39. The Kier molecular flexibility index (Phi) is 5.20. The quantitative estimate of drug-likeness (QED) is 0.683. The number of oxime groups is 1. The maximum absolute atomic E-state index is 11.7. The summed E-state index contributed by atoms with van der Waals surface area (Å²) in [4.78, 5) is 15.6. The lowest BCUT2D eigenvalue weighted by Crippen LogP contribution is -2.27. The van der Waals surface area contributed by atoms with Crippen molar-refractivity contribution in [2.45, 2.75) is 25.7 Å². The van der Waals surface area contributed by atoms with Crippen molar-refractivity contribution in [3.05, 3.63) is 29.8 Å². The summed E-state index contributed by atoms with van der Waals surface area (Å²) in [5, 5.41) is 12.6. The summed E-state index contributed by atoms with van der Waals surface area (Å²) in [5.74, 6) is 0.163. The Morgan fingerprint density at radius 1 is 1.38 bits per heavy atom. The predicted octanol–water partition coefficient (Wildman–Crippen LogP) is 2.33. The van der Waals surface area contributed by atoms with Gasteiger partial charge in [-0.2, -0.15) is 0 Å². The van der Waals surface area contributed by atoms with E-state index in [9.17, 15) is 10.0 Å². The molecule has 1 aromatic rings. The third-order valence-corrected chi connectivity index (χ3v) is 3.84. The number of anilines is 1. The molecule has 0 radical (unpaired) electrons. The number of nitrogens with zero attached hydrogens (tertiary/aromatic N) is 3. The molecule has 1 aliphatic heterocycles. The van der Waals surface area contributed by atoms with Gasteiger partial charge in [0.1, 0.15) is 0 Å². The second-order valence-corrected chi connectivity index (χ2v) is 5.55. The SMILES string of the molecule is CN(C)C(=O)CCCN1CCC/C(=N/O)c2ccccc21. The molecule has 21 heavy (non-hydrogen) atoms. The van der Waals surface area contributed by atoms with Crippen LogP contribution in [0.25, 0.3) is 0 Å². The molecule has 1 aromatic carbocycles. The topological polar surface area (TPSA) is 56.1 Å². The van der Waals surface area contributed by atoms with Crippen LogP contribution in [0.2, 0.25) is 0 Å². The fourth-order valence-corrected chi connectivity index (χ4v) is 2.67. The summed E-state index contributed by atoms with van der Waals surface area (Å²) < 4.78 is 0. The minimum Gasteiger partial charge on any atom is -0.411 e. The summed E-state index contributed by atoms with van der Waals surface area (Å²) in [6.45, 7) is 1.77. The van der Waals surface area contributed by atoms with Crippen molar-refractivity contribution in [1.29, 1.82) is 0 Å². The average molecular weight is 289 g/mol. The van der Waals surface area contributed by atoms with Crippen molar-refractivity contribution >= 4 is 17.3 Å². The first-order chi connectivity index (χ1) is 10.1. The Balaban J connectivity index is 2.08. The monoisotopic (exact) mass is 289 g/mol. The number of amides is 1. The highest BCUT2D eigenvalue weighted by molar-refractivity contribution is 6.05. The van der Waals surface area contributed by atoms with Crippen molar-refractivity contribution in [3.63, 3.8) is 0 Å². The third kappa shape index (κ3) is 3.74. The second-order valence-electron chi connectivity index (χ2n) is 5.55. The van der Waals surface area contributed by atoms with Gasteiger partial charge < -0.3 is 15.0 Å². The molecule has 1 amide bonds. The van der Waals surface area contributed by atoms with Crippen LogP contribution in [0.1, 0.15) is 31.2 Å². The van der Waals surface area contributed by atoms with Crippen LogP contribution in [0.5, 0.6) is 0 Å². The van der Waals surface area contributed by atoms with Crippen LogP contribution in [-0.4, -0.2) is 48.9 Å². The van der Waals surface area contributed by atoms with Crippen molar-refractivity contribution in [2.75, 3.05) is 32.1 Å². The Morgan fingerprint density at radius 2 is 2.14 bits per heavy atom. The fourth-order valence-electron chi connectivity index (χ4n) is 2.67. The zero-order valence-corrected chi connectivity index (χ0v) is 12.7. The molecule has 1 aliphatic rings. The number of fused-ring (bicyclic) bond motifs is 1. The molecule has 0 bridgehead atoms. The summed E-state index contributed by atoms with van der Waals surface area (Å²) in [6.07, 6.45) is 3.12. The van der Waals surface area contributed by atoms with Crippen LogP contribution in [0.15, 0.2) is 29.4 Å². The standard InChI is InChI=1S/C16H23N3O2/c1-18(2)16(20)10-6-12-19-11-5-8-14(17-21)13-7-3-4-9-15(13)19/h3-4,7,9,21H,5-6,8,10-12H2,1-2H3/b17-14-. The van der Waals surface area contributed by atoms with Crippen LogP contribution < -0.4 is 4.90 Å². The average Bonchev–Trinajstić information content (AvgIpc) is 2.66. The van der Waals surface area contributed by atoms with Gasteiger partial charge in [-0.05, 0) is 25.3 Å². The zero-order valence-electron chi connectivity index (χ0n) is 12.7. The predicted molar refractivity (Wildman–Crippen MR) is 84.1 cm³/mol. The first kappa shape index (κ1) is 15.4. The number of para-hydroxylation sites is 1. The molecule has 1 heterocycles. The van der Waals surface area contributed by atoms with Gasteiger partial charge in [-0.15, -0.1) is 0 Å². The maximum Gasteiger partial charge on any atom is 0.222 e. The van der Waals surface area contributed by atoms with E-state index in [2.05, 4.69) is 16.1 Å². The van der Waals surface area contributed by atoms with Crippen LogP contribution >= 0.6 is 0 Å². The number of benzene rings is 1. The molecule has 114 valence electrons. The molecule has 0 aromatic heterocycles. The number of rotatable bonds is 4. The molecule has 0 fully saturated rings. The maximum atomic E-state index is 11.7. The normalized spacial score (nSPS) is 16.5. The van der Waals surface area contributed by atoms with Gasteiger partial charge >= 0.3 is 0 Å². The van der Waals surface area contributed by atoms with E-state index in [4.69, 9.17) is 0 Å². The van der Waals surface area contributed by atoms with Crippen molar-refractivity contribution in [1.82, 2.24) is 4.90 Å². The largest absolute Gasteiger partial charge is 0.411 e. The molecule has 0 spiro atoms. The van der Waals surface area contributed by atoms with E-state index in [0.29, 0.717) is 6.42 Å². The summed E-state index contributed by atoms with van der Waals surface area (Å²) in [7, 11) is 3.57. The molecular formula is C16H23N3O2. The van der Waals surface area contributed by atoms with Crippen molar-refractivity contribution in [3.8, 4) is 0 Å². The highest BCUT2D eigenvalue weighted by atomic mass is 16.4. The lowest BCUT2D eigenvalue weighted by atomic mass is 10.1. The van der Waals surface area contributed by atoms with Crippen molar-refractivity contribution in [2.24, 2.45) is 5.16 Å². The number of carbonyl (C=O) groups excluding carboxylic acids is 1. The van der Waals surface area contributed by atoms with E-state index in [1.807, 2.05) is 18.2 Å². The van der Waals surface area contributed by atoms with Gasteiger partial charge in [0.15, 0.2) is 0 Å². The van der Waals surface area contributed by atoms with Crippen molar-refractivity contribution < 1.29 is 10.0 Å². The smallest absolute Gasteiger partial charge is 0.222 e.